The van der Waals surface area contributed by atoms with Gasteiger partial charge in [0.2, 0.25) is 0 Å². The van der Waals surface area contributed by atoms with E-state index in [4.69, 9.17) is 4.74 Å². The molecule has 2 aromatic carbocycles. The van der Waals surface area contributed by atoms with Gasteiger partial charge < -0.3 is 14.3 Å². The lowest BCUT2D eigenvalue weighted by molar-refractivity contribution is 0.288. The van der Waals surface area contributed by atoms with Crippen molar-refractivity contribution in [3.05, 3.63) is 80.9 Å². The van der Waals surface area contributed by atoms with Crippen LogP contribution in [-0.2, 0) is 24.3 Å². The normalized spacial score (nSPS) is 11.8. The van der Waals surface area contributed by atoms with Crippen LogP contribution >= 0.6 is 11.8 Å². The van der Waals surface area contributed by atoms with Crippen molar-refractivity contribution in [3.63, 3.8) is 0 Å². The number of nitrogens with one attached hydrogen (secondary N) is 1. The van der Waals surface area contributed by atoms with Crippen LogP contribution in [0.1, 0.15) is 55.9 Å². The van der Waals surface area contributed by atoms with Gasteiger partial charge in [-0.2, -0.15) is 0 Å². The zero-order valence-corrected chi connectivity index (χ0v) is 21.5. The number of benzene rings is 2. The number of hydrogen-bond donors (Lipinski definition) is 1. The molecule has 0 aliphatic rings. The molecule has 0 bridgehead atoms. The van der Waals surface area contributed by atoms with Gasteiger partial charge in [0.25, 0.3) is 0 Å². The molecule has 178 valence electrons. The van der Waals surface area contributed by atoms with Gasteiger partial charge >= 0.3 is 0 Å². The first-order valence-electron chi connectivity index (χ1n) is 11.6. The molecule has 4 rings (SSSR count). The Morgan fingerprint density at radius 3 is 2.47 bits per heavy atom. The monoisotopic (exact) mass is 476 g/mol. The Morgan fingerprint density at radius 1 is 1.06 bits per heavy atom. The van der Waals surface area contributed by atoms with E-state index in [-0.39, 0.29) is 10.8 Å². The molecule has 6 nitrogen and oxygen atoms in total. The average molecular weight is 477 g/mol. The first-order valence-corrected chi connectivity index (χ1v) is 12.6. The van der Waals surface area contributed by atoms with Crippen LogP contribution in [0.4, 0.5) is 0 Å². The molecular formula is C27H32N4O2S. The number of aromatic nitrogens is 4. The largest absolute Gasteiger partial charge is 0.486 e. The first kappa shape index (κ1) is 24.1. The smallest absolute Gasteiger partial charge is 0.191 e. The van der Waals surface area contributed by atoms with Crippen molar-refractivity contribution in [3.8, 4) is 5.75 Å². The van der Waals surface area contributed by atoms with Crippen molar-refractivity contribution in [1.29, 1.82) is 0 Å². The van der Waals surface area contributed by atoms with E-state index in [9.17, 15) is 4.79 Å². The number of thioether (sulfide) groups is 1. The van der Waals surface area contributed by atoms with Gasteiger partial charge in [0, 0.05) is 29.4 Å². The molecule has 0 spiro atoms. The average Bonchev–Trinajstić information content (AvgIpc) is 3.18. The summed E-state index contributed by atoms with van der Waals surface area (Å²) in [5.74, 6) is 2.20. The van der Waals surface area contributed by atoms with Crippen molar-refractivity contribution >= 4 is 22.7 Å². The number of pyridine rings is 1. The van der Waals surface area contributed by atoms with Crippen molar-refractivity contribution < 1.29 is 4.74 Å². The number of rotatable bonds is 7. The molecule has 0 aliphatic carbocycles. The minimum Gasteiger partial charge on any atom is -0.486 e. The highest BCUT2D eigenvalue weighted by atomic mass is 32.2. The van der Waals surface area contributed by atoms with Crippen LogP contribution in [0.2, 0.25) is 0 Å². The topological polar surface area (TPSA) is 72.8 Å². The van der Waals surface area contributed by atoms with Gasteiger partial charge in [0.05, 0.1) is 5.52 Å². The molecule has 7 heteroatoms. The molecule has 0 saturated heterocycles. The van der Waals surface area contributed by atoms with E-state index in [0.29, 0.717) is 12.4 Å². The van der Waals surface area contributed by atoms with E-state index in [2.05, 4.69) is 65.6 Å². The summed E-state index contributed by atoms with van der Waals surface area (Å²) in [6.45, 7) is 13.8. The fourth-order valence-electron chi connectivity index (χ4n) is 4.03. The van der Waals surface area contributed by atoms with Crippen LogP contribution < -0.4 is 10.2 Å². The number of H-pyrrole nitrogens is 1. The Morgan fingerprint density at radius 2 is 1.79 bits per heavy atom. The van der Waals surface area contributed by atoms with Crippen LogP contribution in [0.25, 0.3) is 10.9 Å². The third kappa shape index (κ3) is 5.20. The number of fused-ring (bicyclic) bond motifs is 1. The van der Waals surface area contributed by atoms with E-state index < -0.39 is 0 Å². The Kier molecular flexibility index (Phi) is 6.84. The summed E-state index contributed by atoms with van der Waals surface area (Å²) in [5, 5.41) is 10.3. The third-order valence-corrected chi connectivity index (χ3v) is 6.91. The van der Waals surface area contributed by atoms with Gasteiger partial charge in [0.15, 0.2) is 16.4 Å². The molecule has 0 atom stereocenters. The second-order valence-electron chi connectivity index (χ2n) is 9.66. The number of aryl methyl sites for hydroxylation is 2. The summed E-state index contributed by atoms with van der Waals surface area (Å²) in [6.07, 6.45) is 0. The lowest BCUT2D eigenvalue weighted by atomic mass is 9.87. The van der Waals surface area contributed by atoms with Crippen LogP contribution in [0, 0.1) is 13.8 Å². The predicted molar refractivity (Wildman–Crippen MR) is 139 cm³/mol. The van der Waals surface area contributed by atoms with E-state index in [1.54, 1.807) is 17.8 Å². The van der Waals surface area contributed by atoms with Crippen molar-refractivity contribution in [2.75, 3.05) is 0 Å². The van der Waals surface area contributed by atoms with Gasteiger partial charge in [-0.25, -0.2) is 0 Å². The standard InChI is InChI=1S/C27H32N4O2S/c1-7-31-24(15-33-21-10-8-19(9-11-21)27(4,5)6)29-30-26(31)34-16-20-14-23(32)22-13-17(2)12-18(3)25(22)28-20/h8-14H,7,15-16H2,1-6H3,(H,28,32). The van der Waals surface area contributed by atoms with Crippen LogP contribution in [0.15, 0.2) is 52.4 Å². The summed E-state index contributed by atoms with van der Waals surface area (Å²) in [5.41, 5.74) is 5.36. The number of hydrogen-bond acceptors (Lipinski definition) is 5. The molecule has 4 aromatic rings. The summed E-state index contributed by atoms with van der Waals surface area (Å²) in [7, 11) is 0. The van der Waals surface area contributed by atoms with E-state index in [1.807, 2.05) is 32.0 Å². The van der Waals surface area contributed by atoms with Crippen molar-refractivity contribution in [1.82, 2.24) is 19.7 Å². The molecule has 0 fully saturated rings. The van der Waals surface area contributed by atoms with Crippen LogP contribution in [0.3, 0.4) is 0 Å². The first-order chi connectivity index (χ1) is 16.2. The van der Waals surface area contributed by atoms with E-state index >= 15 is 0 Å². The van der Waals surface area contributed by atoms with Crippen molar-refractivity contribution in [2.24, 2.45) is 0 Å². The van der Waals surface area contributed by atoms with Gasteiger partial charge in [-0.05, 0) is 61.1 Å². The van der Waals surface area contributed by atoms with Gasteiger partial charge in [0.1, 0.15) is 12.4 Å². The molecule has 1 N–H and O–H groups in total. The number of nitrogens with zero attached hydrogens (tertiary/aromatic N) is 3. The van der Waals surface area contributed by atoms with Gasteiger partial charge in [-0.15, -0.1) is 10.2 Å². The Labute approximate surface area is 204 Å². The highest BCUT2D eigenvalue weighted by molar-refractivity contribution is 7.98. The lowest BCUT2D eigenvalue weighted by Crippen LogP contribution is -2.11. The maximum atomic E-state index is 12.7. The minimum absolute atomic E-state index is 0.0414. The fraction of sp³-hybridized carbons (Fsp3) is 0.370. The van der Waals surface area contributed by atoms with Crippen molar-refractivity contribution in [2.45, 2.75) is 71.0 Å². The molecule has 0 aliphatic heterocycles. The quantitative estimate of drug-likeness (QED) is 0.335. The summed E-state index contributed by atoms with van der Waals surface area (Å²) < 4.78 is 8.04. The molecule has 0 amide bonds. The molecule has 34 heavy (non-hydrogen) atoms. The fourth-order valence-corrected chi connectivity index (χ4v) is 4.96. The number of aromatic amines is 1. The molecule has 0 saturated carbocycles. The SMILES string of the molecule is CCn1c(COc2ccc(C(C)(C)C)cc2)nnc1SCc1cc(=O)c2cc(C)cc(C)c2[nH]1. The van der Waals surface area contributed by atoms with Gasteiger partial charge in [-0.1, -0.05) is 50.7 Å². The summed E-state index contributed by atoms with van der Waals surface area (Å²) in [6, 6.07) is 13.9. The molecule has 0 unspecified atom stereocenters. The summed E-state index contributed by atoms with van der Waals surface area (Å²) in [4.78, 5) is 16.1. The van der Waals surface area contributed by atoms with Gasteiger partial charge in [-0.3, -0.25) is 4.79 Å². The highest BCUT2D eigenvalue weighted by Crippen LogP contribution is 2.26. The lowest BCUT2D eigenvalue weighted by Gasteiger charge is -2.19. The molecular weight excluding hydrogens is 444 g/mol. The second kappa shape index (κ2) is 9.66. The Hall–Kier alpha value is -3.06. The maximum Gasteiger partial charge on any atom is 0.191 e. The predicted octanol–water partition coefficient (Wildman–Crippen LogP) is 5.93. The molecule has 2 heterocycles. The minimum atomic E-state index is 0.0414. The maximum absolute atomic E-state index is 12.7. The second-order valence-corrected chi connectivity index (χ2v) is 10.6. The molecule has 0 radical (unpaired) electrons. The highest BCUT2D eigenvalue weighted by Gasteiger charge is 2.15. The zero-order valence-electron chi connectivity index (χ0n) is 20.7. The zero-order chi connectivity index (χ0) is 24.5. The van der Waals surface area contributed by atoms with E-state index in [0.717, 1.165) is 51.0 Å². The Balaban J connectivity index is 1.46. The number of ether oxygens (including phenoxy) is 1. The summed E-state index contributed by atoms with van der Waals surface area (Å²) >= 11 is 1.56. The van der Waals surface area contributed by atoms with Crippen LogP contribution in [-0.4, -0.2) is 19.7 Å². The van der Waals surface area contributed by atoms with Crippen LogP contribution in [0.5, 0.6) is 5.75 Å². The molecule has 2 aromatic heterocycles. The van der Waals surface area contributed by atoms with E-state index in [1.165, 1.54) is 5.56 Å². The third-order valence-electron chi connectivity index (χ3n) is 5.89. The Bertz CT molecular complexity index is 1360.